The van der Waals surface area contributed by atoms with Crippen LogP contribution in [0.3, 0.4) is 0 Å². The summed E-state index contributed by atoms with van der Waals surface area (Å²) in [4.78, 5) is 0. The van der Waals surface area contributed by atoms with E-state index in [1.807, 2.05) is 13.0 Å². The molecule has 0 amide bonds. The van der Waals surface area contributed by atoms with Gasteiger partial charge in [0.25, 0.3) is 0 Å². The first-order valence-corrected chi connectivity index (χ1v) is 6.01. The molecule has 0 aliphatic rings. The van der Waals surface area contributed by atoms with Crippen LogP contribution < -0.4 is 5.73 Å². The first-order valence-electron chi connectivity index (χ1n) is 5.21. The van der Waals surface area contributed by atoms with Gasteiger partial charge in [-0.05, 0) is 60.5 Å². The number of hydrogen-bond donors (Lipinski definition) is 1. The van der Waals surface area contributed by atoms with E-state index < -0.39 is 0 Å². The predicted octanol–water partition coefficient (Wildman–Crippen LogP) is 3.75. The summed E-state index contributed by atoms with van der Waals surface area (Å²) >= 11 is 3.55. The molecule has 2 N–H and O–H groups in total. The highest BCUT2D eigenvalue weighted by atomic mass is 79.9. The van der Waals surface area contributed by atoms with E-state index in [1.165, 1.54) is 11.4 Å². The second-order valence-corrected chi connectivity index (χ2v) is 4.95. The van der Waals surface area contributed by atoms with Crippen LogP contribution in [0, 0.1) is 20.8 Å². The molecular weight excluding hydrogens is 264 g/mol. The molecule has 2 rings (SSSR count). The zero-order valence-electron chi connectivity index (χ0n) is 9.71. The molecule has 2 aromatic rings. The van der Waals surface area contributed by atoms with Crippen molar-refractivity contribution in [2.75, 3.05) is 5.73 Å². The quantitative estimate of drug-likeness (QED) is 0.792. The van der Waals surface area contributed by atoms with E-state index in [0.717, 1.165) is 21.4 Å². The largest absolute Gasteiger partial charge is 0.398 e. The van der Waals surface area contributed by atoms with Gasteiger partial charge in [0.2, 0.25) is 0 Å². The number of rotatable bonds is 1. The molecular formula is C13H15BrN2. The van der Waals surface area contributed by atoms with Crippen LogP contribution >= 0.6 is 15.9 Å². The van der Waals surface area contributed by atoms with E-state index in [9.17, 15) is 0 Å². The van der Waals surface area contributed by atoms with Crippen LogP contribution in [0.1, 0.15) is 17.0 Å². The summed E-state index contributed by atoms with van der Waals surface area (Å²) in [5, 5.41) is 0. The highest BCUT2D eigenvalue weighted by Crippen LogP contribution is 2.26. The van der Waals surface area contributed by atoms with Gasteiger partial charge in [0.15, 0.2) is 0 Å². The highest BCUT2D eigenvalue weighted by Gasteiger charge is 2.09. The number of aryl methyl sites for hydroxylation is 2. The zero-order valence-corrected chi connectivity index (χ0v) is 11.3. The summed E-state index contributed by atoms with van der Waals surface area (Å²) in [6.07, 6.45) is 0. The van der Waals surface area contributed by atoms with Crippen LogP contribution in [0.15, 0.2) is 28.7 Å². The Morgan fingerprint density at radius 3 is 2.31 bits per heavy atom. The lowest BCUT2D eigenvalue weighted by molar-refractivity contribution is 0.963. The zero-order chi connectivity index (χ0) is 11.9. The number of hydrogen-bond acceptors (Lipinski definition) is 1. The fourth-order valence-electron chi connectivity index (χ4n) is 1.89. The number of aromatic nitrogens is 1. The molecule has 1 heterocycles. The topological polar surface area (TPSA) is 30.9 Å². The fraction of sp³-hybridized carbons (Fsp3) is 0.231. The molecule has 0 fully saturated rings. The van der Waals surface area contributed by atoms with Crippen LogP contribution in [-0.4, -0.2) is 4.57 Å². The summed E-state index contributed by atoms with van der Waals surface area (Å²) in [5.41, 5.74) is 11.4. The van der Waals surface area contributed by atoms with Crippen molar-refractivity contribution in [3.05, 3.63) is 45.7 Å². The van der Waals surface area contributed by atoms with Gasteiger partial charge < -0.3 is 10.3 Å². The van der Waals surface area contributed by atoms with E-state index >= 15 is 0 Å². The van der Waals surface area contributed by atoms with E-state index in [4.69, 9.17) is 5.73 Å². The minimum atomic E-state index is 0.834. The van der Waals surface area contributed by atoms with Gasteiger partial charge in [-0.3, -0.25) is 0 Å². The van der Waals surface area contributed by atoms with Crippen molar-refractivity contribution in [1.82, 2.24) is 4.57 Å². The molecule has 0 saturated heterocycles. The van der Waals surface area contributed by atoms with E-state index in [1.54, 1.807) is 0 Å². The molecule has 2 nitrogen and oxygen atoms in total. The lowest BCUT2D eigenvalue weighted by atomic mass is 10.2. The SMILES string of the molecule is Cc1ccc(-n2c(C)cc(Br)c2C)cc1N. The molecule has 0 atom stereocenters. The van der Waals surface area contributed by atoms with Crippen molar-refractivity contribution < 1.29 is 0 Å². The Bertz CT molecular complexity index is 541. The molecule has 1 aromatic carbocycles. The summed E-state index contributed by atoms with van der Waals surface area (Å²) in [6.45, 7) is 6.20. The molecule has 84 valence electrons. The molecule has 0 spiro atoms. The Balaban J connectivity index is 2.63. The summed E-state index contributed by atoms with van der Waals surface area (Å²) in [7, 11) is 0. The third kappa shape index (κ3) is 1.76. The number of nitrogens with zero attached hydrogens (tertiary/aromatic N) is 1. The first kappa shape index (κ1) is 11.3. The Morgan fingerprint density at radius 1 is 1.12 bits per heavy atom. The van der Waals surface area contributed by atoms with Crippen molar-refractivity contribution in [2.45, 2.75) is 20.8 Å². The van der Waals surface area contributed by atoms with E-state index in [-0.39, 0.29) is 0 Å². The monoisotopic (exact) mass is 278 g/mol. The number of anilines is 1. The minimum absolute atomic E-state index is 0.834. The lowest BCUT2D eigenvalue weighted by Crippen LogP contribution is -2.00. The minimum Gasteiger partial charge on any atom is -0.398 e. The summed E-state index contributed by atoms with van der Waals surface area (Å²) in [5.74, 6) is 0. The third-order valence-electron chi connectivity index (χ3n) is 2.89. The molecule has 0 aliphatic heterocycles. The van der Waals surface area contributed by atoms with Gasteiger partial charge in [-0.1, -0.05) is 6.07 Å². The van der Waals surface area contributed by atoms with Crippen LogP contribution in [0.4, 0.5) is 5.69 Å². The van der Waals surface area contributed by atoms with Gasteiger partial charge in [-0.2, -0.15) is 0 Å². The van der Waals surface area contributed by atoms with Crippen molar-refractivity contribution >= 4 is 21.6 Å². The predicted molar refractivity (Wildman–Crippen MR) is 72.1 cm³/mol. The average molecular weight is 279 g/mol. The van der Waals surface area contributed by atoms with E-state index in [2.05, 4.69) is 52.5 Å². The molecule has 3 heteroatoms. The van der Waals surface area contributed by atoms with Gasteiger partial charge >= 0.3 is 0 Å². The second-order valence-electron chi connectivity index (χ2n) is 4.10. The van der Waals surface area contributed by atoms with Crippen molar-refractivity contribution in [3.63, 3.8) is 0 Å². The van der Waals surface area contributed by atoms with Crippen LogP contribution in [0.25, 0.3) is 5.69 Å². The average Bonchev–Trinajstić information content (AvgIpc) is 2.47. The van der Waals surface area contributed by atoms with Gasteiger partial charge in [-0.15, -0.1) is 0 Å². The van der Waals surface area contributed by atoms with Crippen molar-refractivity contribution in [1.29, 1.82) is 0 Å². The number of nitrogens with two attached hydrogens (primary N) is 1. The van der Waals surface area contributed by atoms with Crippen LogP contribution in [0.5, 0.6) is 0 Å². The molecule has 0 unspecified atom stereocenters. The van der Waals surface area contributed by atoms with Gasteiger partial charge in [0.05, 0.1) is 0 Å². The van der Waals surface area contributed by atoms with Gasteiger partial charge in [-0.25, -0.2) is 0 Å². The molecule has 0 bridgehead atoms. The Labute approximate surface area is 104 Å². The Morgan fingerprint density at radius 2 is 1.81 bits per heavy atom. The van der Waals surface area contributed by atoms with Crippen LogP contribution in [-0.2, 0) is 0 Å². The molecule has 1 aromatic heterocycles. The molecule has 0 radical (unpaired) electrons. The first-order chi connectivity index (χ1) is 7.50. The molecule has 0 aliphatic carbocycles. The second kappa shape index (κ2) is 3.98. The maximum absolute atomic E-state index is 5.94. The maximum Gasteiger partial charge on any atom is 0.0476 e. The smallest absolute Gasteiger partial charge is 0.0476 e. The number of benzene rings is 1. The van der Waals surface area contributed by atoms with Crippen molar-refractivity contribution in [3.8, 4) is 5.69 Å². The van der Waals surface area contributed by atoms with Gasteiger partial charge in [0, 0.05) is 27.2 Å². The van der Waals surface area contributed by atoms with Crippen LogP contribution in [0.2, 0.25) is 0 Å². The lowest BCUT2D eigenvalue weighted by Gasteiger charge is -2.11. The standard InChI is InChI=1S/C13H15BrN2/c1-8-4-5-11(7-13(8)15)16-9(2)6-12(14)10(16)3/h4-7H,15H2,1-3H3. The maximum atomic E-state index is 5.94. The summed E-state index contributed by atoms with van der Waals surface area (Å²) in [6, 6.07) is 8.28. The number of halogens is 1. The molecule has 16 heavy (non-hydrogen) atoms. The third-order valence-corrected chi connectivity index (χ3v) is 3.69. The molecule has 0 saturated carbocycles. The highest BCUT2D eigenvalue weighted by molar-refractivity contribution is 9.10. The van der Waals surface area contributed by atoms with E-state index in [0.29, 0.717) is 0 Å². The number of nitrogen functional groups attached to an aromatic ring is 1. The van der Waals surface area contributed by atoms with Gasteiger partial charge in [0.1, 0.15) is 0 Å². The fourth-order valence-corrected chi connectivity index (χ4v) is 2.40. The normalized spacial score (nSPS) is 10.8. The Kier molecular flexibility index (Phi) is 2.80. The van der Waals surface area contributed by atoms with Crippen molar-refractivity contribution in [2.24, 2.45) is 0 Å². The summed E-state index contributed by atoms with van der Waals surface area (Å²) < 4.78 is 3.32. The Hall–Kier alpha value is -1.22.